The molecule has 16 nitrogen and oxygen atoms in total. The topological polar surface area (TPSA) is 206 Å². The molecule has 2 atom stereocenters. The van der Waals surface area contributed by atoms with Crippen molar-refractivity contribution in [2.24, 2.45) is 5.41 Å². The molecule has 0 N–H and O–H groups in total. The van der Waals surface area contributed by atoms with Crippen molar-refractivity contribution in [1.82, 2.24) is 20.1 Å². The Kier molecular flexibility index (Phi) is 25.0. The van der Waals surface area contributed by atoms with Gasteiger partial charge >= 0.3 is 23.9 Å². The highest BCUT2D eigenvalue weighted by Gasteiger charge is 2.45. The van der Waals surface area contributed by atoms with E-state index in [9.17, 15) is 38.4 Å². The number of rotatable bonds is 18. The first-order valence-corrected chi connectivity index (χ1v) is 24.2. The minimum atomic E-state index is -1.29. The summed E-state index contributed by atoms with van der Waals surface area (Å²) < 4.78 is 8.56. The first-order valence-electron chi connectivity index (χ1n) is 18.0. The van der Waals surface area contributed by atoms with Crippen LogP contribution in [0, 0.1) is 5.41 Å². The summed E-state index contributed by atoms with van der Waals surface area (Å²) in [5, 5.41) is 2.82. The van der Waals surface area contributed by atoms with Gasteiger partial charge in [-0.3, -0.25) is 28.8 Å². The van der Waals surface area contributed by atoms with E-state index < -0.39 is 55.6 Å². The Hall–Kier alpha value is -3.01. The molecule has 0 saturated carbocycles. The maximum atomic E-state index is 12.5. The number of hydrogen-bond donors (Lipinski definition) is 0. The van der Waals surface area contributed by atoms with Crippen molar-refractivity contribution >= 4 is 132 Å². The molecule has 0 spiro atoms. The molecule has 0 radical (unpaired) electrons. The fourth-order valence-corrected chi connectivity index (χ4v) is 8.63. The van der Waals surface area contributed by atoms with Crippen LogP contribution in [0.4, 0.5) is 0 Å². The molecule has 4 heterocycles. The van der Waals surface area contributed by atoms with Crippen LogP contribution in [-0.4, -0.2) is 101 Å². The summed E-state index contributed by atoms with van der Waals surface area (Å²) in [5.41, 5.74) is -0.859. The number of carbonyl (C=O) groups is 8. The number of carbonyl (C=O) groups excluding carboxylic acids is 8. The number of imide groups is 2. The minimum Gasteiger partial charge on any atom is -0.464 e. The Balaban J connectivity index is 0.000000505. The second-order valence-corrected chi connectivity index (χ2v) is 22.5. The lowest BCUT2D eigenvalue weighted by Gasteiger charge is -2.30. The van der Waals surface area contributed by atoms with Crippen molar-refractivity contribution in [3.05, 3.63) is 60.9 Å². The first kappa shape index (κ1) is 56.0. The largest absolute Gasteiger partial charge is 0.464 e. The molecular formula is C38H49Br2N4O12PS4. The number of nitrogens with zero attached hydrogens (tertiary/aromatic N) is 4. The van der Waals surface area contributed by atoms with Gasteiger partial charge in [0.25, 0.3) is 23.6 Å². The van der Waals surface area contributed by atoms with E-state index in [1.807, 2.05) is 36.4 Å². The number of amides is 4. The average molecular weight is 1070 g/mol. The molecule has 0 aromatic carbocycles. The van der Waals surface area contributed by atoms with Crippen molar-refractivity contribution in [3.8, 4) is 0 Å². The monoisotopic (exact) mass is 1070 g/mol. The van der Waals surface area contributed by atoms with E-state index in [0.29, 0.717) is 22.5 Å². The lowest BCUT2D eigenvalue weighted by atomic mass is 9.83. The molecule has 23 heteroatoms. The normalized spacial score (nSPS) is 14.6. The molecule has 2 unspecified atom stereocenters. The molecule has 2 saturated heterocycles. The standard InChI is InChI=1S/C19H23BrN2O6S2.C11H14BrNO2S2.C8H9NO4.H3P/c1-18(2,16(25)27-10-11-29-30-13-6-4-5-9-21-13)12-19(3,20)17(26)28-22-14(23)7-8-15(22)24;1-11(2,12)10(14)15-7-8-16-17-9-5-3-4-6-13-9;1-5(2)8(12)13-9-6(10)3-4-7(9)11;/h4-6,9H,7-8,10-12H2,1-3H3;3-6H,7-8H2,1-2H3;1,3-4H2,2H3;1H3. The Bertz CT molecular complexity index is 1830. The third-order valence-corrected chi connectivity index (χ3v) is 12.7. The van der Waals surface area contributed by atoms with Gasteiger partial charge in [0.1, 0.15) is 31.9 Å². The van der Waals surface area contributed by atoms with Gasteiger partial charge in [0.2, 0.25) is 0 Å². The minimum absolute atomic E-state index is 0. The molecular weight excluding hydrogens is 1020 g/mol. The Morgan fingerprint density at radius 3 is 1.48 bits per heavy atom. The highest BCUT2D eigenvalue weighted by atomic mass is 79.9. The fraction of sp³-hybridized carbons (Fsp3) is 0.474. The Morgan fingerprint density at radius 2 is 1.10 bits per heavy atom. The number of esters is 2. The van der Waals surface area contributed by atoms with Crippen molar-refractivity contribution < 1.29 is 57.5 Å². The molecule has 2 aromatic heterocycles. The van der Waals surface area contributed by atoms with Crippen molar-refractivity contribution in [3.63, 3.8) is 0 Å². The van der Waals surface area contributed by atoms with Crippen LogP contribution < -0.4 is 0 Å². The van der Waals surface area contributed by atoms with Crippen LogP contribution in [-0.2, 0) is 57.5 Å². The summed E-state index contributed by atoms with van der Waals surface area (Å²) in [6.45, 7) is 13.8. The van der Waals surface area contributed by atoms with Gasteiger partial charge in [-0.2, -0.15) is 9.90 Å². The SMILES string of the molecule is C=C(C)C(=O)ON1C(=O)CCC1=O.CC(C)(Br)C(=O)OCCSSc1ccccn1.CC(C)(CC(C)(Br)C(=O)ON1C(=O)CCC1=O)C(=O)OCCSSc1ccccn1.P. The molecule has 2 aliphatic heterocycles. The molecule has 0 bridgehead atoms. The molecule has 2 aliphatic rings. The average Bonchev–Trinajstić information content (AvgIpc) is 3.68. The van der Waals surface area contributed by atoms with E-state index in [4.69, 9.17) is 14.3 Å². The molecule has 4 rings (SSSR count). The number of hydrogen-bond acceptors (Lipinski definition) is 18. The number of hydroxylamine groups is 4. The van der Waals surface area contributed by atoms with Gasteiger partial charge in [-0.05, 0) is 93.8 Å². The second-order valence-electron chi connectivity index (χ2n) is 13.9. The summed E-state index contributed by atoms with van der Waals surface area (Å²) in [5.74, 6) is -3.05. The Labute approximate surface area is 390 Å². The van der Waals surface area contributed by atoms with Crippen molar-refractivity contribution in [1.29, 1.82) is 0 Å². The zero-order chi connectivity index (χ0) is 45.1. The first-order chi connectivity index (χ1) is 28.0. The van der Waals surface area contributed by atoms with Gasteiger partial charge in [-0.1, -0.05) is 72.2 Å². The van der Waals surface area contributed by atoms with Gasteiger partial charge in [-0.15, -0.1) is 10.1 Å². The smallest absolute Gasteiger partial charge is 0.359 e. The van der Waals surface area contributed by atoms with Crippen molar-refractivity contribution in [2.75, 3.05) is 24.7 Å². The molecule has 0 aliphatic carbocycles. The fourth-order valence-electron chi connectivity index (χ4n) is 4.33. The third kappa shape index (κ3) is 20.8. The number of alkyl halides is 2. The third-order valence-electron chi connectivity index (χ3n) is 7.31. The number of pyridine rings is 2. The van der Waals surface area contributed by atoms with E-state index in [-0.39, 0.29) is 60.2 Å². The van der Waals surface area contributed by atoms with Gasteiger partial charge in [0.05, 0.1) is 5.41 Å². The summed E-state index contributed by atoms with van der Waals surface area (Å²) in [7, 11) is 6.22. The predicted molar refractivity (Wildman–Crippen MR) is 246 cm³/mol. The van der Waals surface area contributed by atoms with Gasteiger partial charge in [-0.25, -0.2) is 19.6 Å². The Morgan fingerprint density at radius 1 is 0.689 bits per heavy atom. The predicted octanol–water partition coefficient (Wildman–Crippen LogP) is 7.31. The van der Waals surface area contributed by atoms with Crippen LogP contribution in [0.1, 0.15) is 73.6 Å². The lowest BCUT2D eigenvalue weighted by molar-refractivity contribution is -0.199. The van der Waals surface area contributed by atoms with Gasteiger partial charge in [0, 0.05) is 55.2 Å². The van der Waals surface area contributed by atoms with Crippen LogP contribution >= 0.6 is 84.9 Å². The molecule has 4 amide bonds. The lowest BCUT2D eigenvalue weighted by Crippen LogP contribution is -2.43. The maximum Gasteiger partial charge on any atom is 0.359 e. The van der Waals surface area contributed by atoms with Crippen LogP contribution in [0.15, 0.2) is 71.0 Å². The number of halogens is 2. The summed E-state index contributed by atoms with van der Waals surface area (Å²) >= 11 is 6.52. The highest BCUT2D eigenvalue weighted by Crippen LogP contribution is 2.37. The summed E-state index contributed by atoms with van der Waals surface area (Å²) in [6, 6.07) is 11.4. The van der Waals surface area contributed by atoms with Crippen molar-refractivity contribution in [2.45, 2.75) is 92.3 Å². The zero-order valence-corrected chi connectivity index (χ0v) is 42.3. The summed E-state index contributed by atoms with van der Waals surface area (Å²) in [4.78, 5) is 110. The molecule has 61 heavy (non-hydrogen) atoms. The van der Waals surface area contributed by atoms with Crippen LogP contribution in [0.25, 0.3) is 0 Å². The molecule has 336 valence electrons. The summed E-state index contributed by atoms with van der Waals surface area (Å²) in [6.07, 6.45) is 3.74. The van der Waals surface area contributed by atoms with Crippen LogP contribution in [0.3, 0.4) is 0 Å². The second kappa shape index (κ2) is 27.2. The quantitative estimate of drug-likeness (QED) is 0.0273. The molecule has 2 fully saturated rings. The number of ether oxygens (including phenoxy) is 2. The highest BCUT2D eigenvalue weighted by molar-refractivity contribution is 9.10. The zero-order valence-electron chi connectivity index (χ0n) is 34.5. The molecule has 2 aromatic rings. The van der Waals surface area contributed by atoms with E-state index >= 15 is 0 Å². The van der Waals surface area contributed by atoms with Crippen LogP contribution in [0.2, 0.25) is 0 Å². The van der Waals surface area contributed by atoms with Gasteiger partial charge < -0.3 is 19.1 Å². The van der Waals surface area contributed by atoms with E-state index in [1.54, 1.807) is 61.7 Å². The van der Waals surface area contributed by atoms with E-state index in [0.717, 1.165) is 15.8 Å². The number of aromatic nitrogens is 2. The van der Waals surface area contributed by atoms with Gasteiger partial charge in [0.15, 0.2) is 0 Å². The van der Waals surface area contributed by atoms with E-state index in [2.05, 4.69) is 53.2 Å². The maximum absolute atomic E-state index is 12.5. The van der Waals surface area contributed by atoms with Crippen LogP contribution in [0.5, 0.6) is 0 Å². The van der Waals surface area contributed by atoms with E-state index in [1.165, 1.54) is 35.4 Å².